The van der Waals surface area contributed by atoms with Crippen molar-refractivity contribution in [3.63, 3.8) is 0 Å². The Morgan fingerprint density at radius 2 is 0.729 bits per heavy atom. The molecule has 3 saturated heterocycles. The molecule has 0 unspecified atom stereocenters. The fourth-order valence-electron chi connectivity index (χ4n) is 6.92. The molecular weight excluding hydrogens is 745 g/mol. The Balaban J connectivity index is 0.000000197. The van der Waals surface area contributed by atoms with E-state index in [0.717, 1.165) is 77.7 Å². The van der Waals surface area contributed by atoms with Crippen LogP contribution in [0.4, 0.5) is 28.4 Å². The zero-order chi connectivity index (χ0) is 41.9. The second-order valence-corrected chi connectivity index (χ2v) is 13.4. The number of anilines is 5. The Morgan fingerprint density at radius 3 is 1.10 bits per heavy atom. The first-order valence-corrected chi connectivity index (χ1v) is 19.8. The first kappa shape index (κ1) is 45.4. The van der Waals surface area contributed by atoms with Gasteiger partial charge in [0, 0.05) is 87.4 Å². The number of hydrazine groups is 3. The highest BCUT2D eigenvalue weighted by Crippen LogP contribution is 2.25. The molecule has 0 saturated carbocycles. The van der Waals surface area contributed by atoms with Gasteiger partial charge in [-0.1, -0.05) is 91.0 Å². The summed E-state index contributed by atoms with van der Waals surface area (Å²) < 4.78 is 0. The molecule has 3 heterocycles. The van der Waals surface area contributed by atoms with Gasteiger partial charge in [-0.25, -0.2) is 5.43 Å². The van der Waals surface area contributed by atoms with Gasteiger partial charge in [-0.2, -0.15) is 5.01 Å². The van der Waals surface area contributed by atoms with Crippen LogP contribution in [0.2, 0.25) is 0 Å². The molecule has 14 heteroatoms. The largest absolute Gasteiger partial charge is 0.369 e. The van der Waals surface area contributed by atoms with Gasteiger partial charge < -0.3 is 24.3 Å². The third-order valence-corrected chi connectivity index (χ3v) is 9.71. The Hall–Kier alpha value is -6.32. The molecule has 0 spiro atoms. The Bertz CT molecular complexity index is 1780. The highest BCUT2D eigenvalue weighted by Gasteiger charge is 2.23. The summed E-state index contributed by atoms with van der Waals surface area (Å²) in [5.41, 5.74) is 15.6. The number of para-hydroxylation sites is 5. The first-order valence-electron chi connectivity index (χ1n) is 19.8. The van der Waals surface area contributed by atoms with Gasteiger partial charge in [-0.05, 0) is 60.7 Å². The number of nitro groups is 1. The average Bonchev–Trinajstić information content (AvgIpc) is 3.83. The van der Waals surface area contributed by atoms with Crippen molar-refractivity contribution in [2.75, 3.05) is 110 Å². The molecule has 59 heavy (non-hydrogen) atoms. The molecule has 5 aromatic carbocycles. The lowest BCUT2D eigenvalue weighted by atomic mass is 10.3. The van der Waals surface area contributed by atoms with E-state index in [1.54, 1.807) is 5.01 Å². The molecule has 0 aromatic heterocycles. The standard InChI is InChI=1S/C22H23N3.C11H16N4O2.C10H15N3.2CH2O/c1-4-10-20(11-5-1)23-16-18-24(21-12-6-2-7-13-21)25(19-17-23)22-14-8-3-9-15-22;16-15(17)10-14-9-8-13(7-6-12-14)11-4-2-1-3-5-11;1-2-4-10(5-3-1)13-8-6-11-12-7-9-13;2*1-2/h1-15H,16-19H2;1-5,12H,6-10H2;1-5,11-12H,6-9H2;2*1H2. The molecule has 3 aliphatic rings. The van der Waals surface area contributed by atoms with Gasteiger partial charge >= 0.3 is 0 Å². The van der Waals surface area contributed by atoms with E-state index in [1.807, 2.05) is 31.8 Å². The molecule has 3 N–H and O–H groups in total. The highest BCUT2D eigenvalue weighted by atomic mass is 16.6. The molecular formula is C45H58N10O4. The van der Waals surface area contributed by atoms with Crippen molar-refractivity contribution >= 4 is 42.0 Å². The summed E-state index contributed by atoms with van der Waals surface area (Å²) in [6.07, 6.45) is 0. The molecule has 0 amide bonds. The number of hydrogen-bond donors (Lipinski definition) is 3. The van der Waals surface area contributed by atoms with Crippen LogP contribution in [-0.4, -0.2) is 109 Å². The predicted molar refractivity (Wildman–Crippen MR) is 240 cm³/mol. The third kappa shape index (κ3) is 15.2. The van der Waals surface area contributed by atoms with Gasteiger partial charge in [0.05, 0.1) is 24.5 Å². The van der Waals surface area contributed by atoms with Crippen LogP contribution >= 0.6 is 0 Å². The fraction of sp³-hybridized carbons (Fsp3) is 0.289. The number of nitrogens with one attached hydrogen (secondary N) is 3. The highest BCUT2D eigenvalue weighted by molar-refractivity contribution is 5.59. The van der Waals surface area contributed by atoms with E-state index in [4.69, 9.17) is 9.59 Å². The van der Waals surface area contributed by atoms with Crippen molar-refractivity contribution < 1.29 is 14.5 Å². The van der Waals surface area contributed by atoms with Crippen LogP contribution < -0.4 is 41.0 Å². The summed E-state index contributed by atoms with van der Waals surface area (Å²) in [4.78, 5) is 33.2. The monoisotopic (exact) mass is 802 g/mol. The first-order chi connectivity index (χ1) is 29.1. The van der Waals surface area contributed by atoms with Crippen molar-refractivity contribution in [2.24, 2.45) is 0 Å². The van der Waals surface area contributed by atoms with Crippen molar-refractivity contribution in [3.05, 3.63) is 162 Å². The smallest absolute Gasteiger partial charge is 0.271 e. The van der Waals surface area contributed by atoms with Crippen LogP contribution in [0.25, 0.3) is 0 Å². The Labute approximate surface area is 348 Å². The van der Waals surface area contributed by atoms with Gasteiger partial charge in [0.15, 0.2) is 0 Å². The lowest BCUT2D eigenvalue weighted by Crippen LogP contribution is -2.44. The van der Waals surface area contributed by atoms with Gasteiger partial charge in [-0.15, -0.1) is 0 Å². The van der Waals surface area contributed by atoms with Crippen LogP contribution in [0.3, 0.4) is 0 Å². The van der Waals surface area contributed by atoms with Crippen molar-refractivity contribution in [3.8, 4) is 0 Å². The number of carbonyl (C=O) groups excluding carboxylic acids is 2. The maximum Gasteiger partial charge on any atom is 0.271 e. The van der Waals surface area contributed by atoms with Crippen molar-refractivity contribution in [1.29, 1.82) is 0 Å². The van der Waals surface area contributed by atoms with Crippen LogP contribution in [0.15, 0.2) is 152 Å². The quantitative estimate of drug-likeness (QED) is 0.147. The minimum Gasteiger partial charge on any atom is -0.369 e. The van der Waals surface area contributed by atoms with Crippen molar-refractivity contribution in [2.45, 2.75) is 0 Å². The molecule has 0 aliphatic carbocycles. The molecule has 5 aromatic rings. The minimum atomic E-state index is -0.314. The Morgan fingerprint density at radius 1 is 0.424 bits per heavy atom. The predicted octanol–water partition coefficient (Wildman–Crippen LogP) is 5.21. The molecule has 0 bridgehead atoms. The van der Waals surface area contributed by atoms with Crippen LogP contribution in [0.5, 0.6) is 0 Å². The summed E-state index contributed by atoms with van der Waals surface area (Å²) in [7, 11) is 0. The van der Waals surface area contributed by atoms with E-state index in [9.17, 15) is 10.1 Å². The summed E-state index contributed by atoms with van der Waals surface area (Å²) in [5.74, 6) is 0. The molecule has 312 valence electrons. The van der Waals surface area contributed by atoms with Gasteiger partial charge in [0.25, 0.3) is 6.67 Å². The van der Waals surface area contributed by atoms with E-state index in [1.165, 1.54) is 22.7 Å². The van der Waals surface area contributed by atoms with E-state index < -0.39 is 0 Å². The number of benzene rings is 5. The maximum absolute atomic E-state index is 10.4. The summed E-state index contributed by atoms with van der Waals surface area (Å²) in [5, 5.41) is 16.9. The number of nitrogens with zero attached hydrogens (tertiary/aromatic N) is 7. The minimum absolute atomic E-state index is 0.150. The zero-order valence-corrected chi connectivity index (χ0v) is 33.8. The van der Waals surface area contributed by atoms with E-state index in [2.05, 4.69) is 174 Å². The lowest BCUT2D eigenvalue weighted by Gasteiger charge is -2.36. The number of carbonyl (C=O) groups is 2. The van der Waals surface area contributed by atoms with Crippen LogP contribution in [0, 0.1) is 10.1 Å². The van der Waals surface area contributed by atoms with Gasteiger partial charge in [0.2, 0.25) is 0 Å². The summed E-state index contributed by atoms with van der Waals surface area (Å²) in [6, 6.07) is 52.7. The van der Waals surface area contributed by atoms with Crippen molar-refractivity contribution in [1.82, 2.24) is 21.3 Å². The number of hydrogen-bond acceptors (Lipinski definition) is 13. The van der Waals surface area contributed by atoms with Crippen LogP contribution in [0.1, 0.15) is 0 Å². The average molecular weight is 803 g/mol. The molecule has 14 nitrogen and oxygen atoms in total. The summed E-state index contributed by atoms with van der Waals surface area (Å²) >= 11 is 0. The number of rotatable bonds is 7. The second kappa shape index (κ2) is 26.6. The van der Waals surface area contributed by atoms with E-state index in [0.29, 0.717) is 6.54 Å². The molecule has 3 aliphatic heterocycles. The molecule has 8 rings (SSSR count). The lowest BCUT2D eigenvalue weighted by molar-refractivity contribution is -0.507. The van der Waals surface area contributed by atoms with Crippen LogP contribution in [-0.2, 0) is 9.59 Å². The molecule has 0 atom stereocenters. The normalized spacial score (nSPS) is 15.7. The van der Waals surface area contributed by atoms with Gasteiger partial charge in [0.1, 0.15) is 13.6 Å². The SMILES string of the molecule is C=O.C=O.O=[N+]([O-])CN1CCN(c2ccccc2)CCN1.c1ccc(N2CCN(c3ccccc3)N(c3ccccc3)CC2)cc1.c1ccc(N2CCNNCC2)cc1. The molecule has 3 fully saturated rings. The third-order valence-electron chi connectivity index (χ3n) is 9.71. The second-order valence-electron chi connectivity index (χ2n) is 13.4. The fourth-order valence-corrected chi connectivity index (χ4v) is 6.92. The van der Waals surface area contributed by atoms with Gasteiger partial charge in [-0.3, -0.25) is 31.0 Å². The topological polar surface area (TPSA) is 133 Å². The molecule has 0 radical (unpaired) electrons. The summed E-state index contributed by atoms with van der Waals surface area (Å²) in [6.45, 7) is 14.9. The van der Waals surface area contributed by atoms with E-state index in [-0.39, 0.29) is 11.6 Å². The van der Waals surface area contributed by atoms with E-state index >= 15 is 0 Å². The zero-order valence-electron chi connectivity index (χ0n) is 33.8. The Kier molecular flexibility index (Phi) is 20.4. The maximum atomic E-state index is 10.4.